The molecule has 0 saturated carbocycles. The minimum atomic E-state index is -0.686. The standard InChI is InChI=1S/C19H23N3O5/c1-26-9-6-20-19(25)18(24)15-12-22(16-5-3-2-4-14(15)16)13-17(23)21-7-10-27-11-8-21/h2-5,12H,6-11,13H2,1H3,(H,20,25). The van der Waals surface area contributed by atoms with Gasteiger partial charge in [0.15, 0.2) is 0 Å². The van der Waals surface area contributed by atoms with Crippen LogP contribution in [0, 0.1) is 0 Å². The summed E-state index contributed by atoms with van der Waals surface area (Å²) in [5.74, 6) is -1.35. The summed E-state index contributed by atoms with van der Waals surface area (Å²) in [5.41, 5.74) is 1.03. The molecule has 1 aliphatic heterocycles. The predicted octanol–water partition coefficient (Wildman–Crippen LogP) is 0.445. The first-order valence-corrected chi connectivity index (χ1v) is 8.86. The average molecular weight is 373 g/mol. The Bertz CT molecular complexity index is 839. The Morgan fingerprint density at radius 3 is 2.67 bits per heavy atom. The van der Waals surface area contributed by atoms with Crippen LogP contribution in [0.1, 0.15) is 10.4 Å². The fourth-order valence-corrected chi connectivity index (χ4v) is 3.09. The molecule has 2 amide bonds. The number of hydrogen-bond donors (Lipinski definition) is 1. The van der Waals surface area contributed by atoms with Crippen LogP contribution in [0.3, 0.4) is 0 Å². The Balaban J connectivity index is 1.81. The summed E-state index contributed by atoms with van der Waals surface area (Å²) in [7, 11) is 1.52. The third kappa shape index (κ3) is 4.35. The fraction of sp³-hybridized carbons (Fsp3) is 0.421. The first kappa shape index (κ1) is 19.1. The number of fused-ring (bicyclic) bond motifs is 1. The highest BCUT2D eigenvalue weighted by atomic mass is 16.5. The molecule has 0 bridgehead atoms. The number of aromatic nitrogens is 1. The molecule has 8 nitrogen and oxygen atoms in total. The molecule has 2 heterocycles. The van der Waals surface area contributed by atoms with E-state index in [0.29, 0.717) is 38.3 Å². The molecule has 0 aliphatic carbocycles. The molecule has 0 atom stereocenters. The summed E-state index contributed by atoms with van der Waals surface area (Å²) in [6.45, 7) is 2.88. The Kier molecular flexibility index (Phi) is 6.20. The van der Waals surface area contributed by atoms with Gasteiger partial charge in [0.25, 0.3) is 11.7 Å². The third-order valence-electron chi connectivity index (χ3n) is 4.50. The number of carbonyl (C=O) groups excluding carboxylic acids is 3. The minimum absolute atomic E-state index is 0.0393. The number of carbonyl (C=O) groups is 3. The summed E-state index contributed by atoms with van der Waals surface area (Å²) >= 11 is 0. The lowest BCUT2D eigenvalue weighted by Gasteiger charge is -2.27. The maximum absolute atomic E-state index is 12.6. The number of nitrogens with zero attached hydrogens (tertiary/aromatic N) is 2. The van der Waals surface area contributed by atoms with Crippen molar-refractivity contribution in [1.82, 2.24) is 14.8 Å². The zero-order chi connectivity index (χ0) is 19.2. The molecule has 2 aromatic rings. The first-order chi connectivity index (χ1) is 13.1. The molecular weight excluding hydrogens is 350 g/mol. The molecular formula is C19H23N3O5. The highest BCUT2D eigenvalue weighted by Crippen LogP contribution is 2.22. The Labute approximate surface area is 157 Å². The molecule has 1 aromatic heterocycles. The van der Waals surface area contributed by atoms with Crippen LogP contribution in [0.2, 0.25) is 0 Å². The topological polar surface area (TPSA) is 89.9 Å². The van der Waals surface area contributed by atoms with Gasteiger partial charge in [0, 0.05) is 43.8 Å². The van der Waals surface area contributed by atoms with E-state index < -0.39 is 11.7 Å². The van der Waals surface area contributed by atoms with Gasteiger partial charge in [0.05, 0.1) is 25.4 Å². The molecule has 1 aliphatic rings. The van der Waals surface area contributed by atoms with Gasteiger partial charge < -0.3 is 24.3 Å². The number of para-hydroxylation sites is 1. The molecule has 1 saturated heterocycles. The molecule has 27 heavy (non-hydrogen) atoms. The second kappa shape index (κ2) is 8.79. The van der Waals surface area contributed by atoms with E-state index in [2.05, 4.69) is 5.32 Å². The van der Waals surface area contributed by atoms with Gasteiger partial charge in [-0.25, -0.2) is 0 Å². The van der Waals surface area contributed by atoms with Gasteiger partial charge in [0.1, 0.15) is 6.54 Å². The van der Waals surface area contributed by atoms with Gasteiger partial charge in [0.2, 0.25) is 5.91 Å². The molecule has 1 N–H and O–H groups in total. The summed E-state index contributed by atoms with van der Waals surface area (Å²) in [5, 5.41) is 3.19. The van der Waals surface area contributed by atoms with Crippen LogP contribution in [0.25, 0.3) is 10.9 Å². The normalized spacial score (nSPS) is 14.3. The lowest BCUT2D eigenvalue weighted by Crippen LogP contribution is -2.42. The number of benzene rings is 1. The Morgan fingerprint density at radius 2 is 1.93 bits per heavy atom. The molecule has 1 aromatic carbocycles. The lowest BCUT2D eigenvalue weighted by atomic mass is 10.1. The van der Waals surface area contributed by atoms with E-state index >= 15 is 0 Å². The van der Waals surface area contributed by atoms with Crippen molar-refractivity contribution in [2.24, 2.45) is 0 Å². The molecule has 8 heteroatoms. The van der Waals surface area contributed by atoms with Crippen molar-refractivity contribution in [1.29, 1.82) is 0 Å². The summed E-state index contributed by atoms with van der Waals surface area (Å²) < 4.78 is 11.9. The average Bonchev–Trinajstić information content (AvgIpc) is 3.06. The van der Waals surface area contributed by atoms with Gasteiger partial charge in [-0.15, -0.1) is 0 Å². The largest absolute Gasteiger partial charge is 0.383 e. The number of nitrogens with one attached hydrogen (secondary N) is 1. The number of ketones is 1. The second-order valence-electron chi connectivity index (χ2n) is 6.26. The Morgan fingerprint density at radius 1 is 1.19 bits per heavy atom. The van der Waals surface area contributed by atoms with Gasteiger partial charge >= 0.3 is 0 Å². The van der Waals surface area contributed by atoms with Crippen LogP contribution in [-0.4, -0.2) is 73.6 Å². The van der Waals surface area contributed by atoms with E-state index in [4.69, 9.17) is 9.47 Å². The smallest absolute Gasteiger partial charge is 0.292 e. The van der Waals surface area contributed by atoms with Gasteiger partial charge in [-0.05, 0) is 6.07 Å². The number of morpholine rings is 1. The number of ether oxygens (including phenoxy) is 2. The van der Waals surface area contributed by atoms with E-state index in [1.165, 1.54) is 7.11 Å². The van der Waals surface area contributed by atoms with Crippen molar-refractivity contribution >= 4 is 28.5 Å². The zero-order valence-corrected chi connectivity index (χ0v) is 15.3. The SMILES string of the molecule is COCCNC(=O)C(=O)c1cn(CC(=O)N2CCOCC2)c2ccccc12. The highest BCUT2D eigenvalue weighted by Gasteiger charge is 2.23. The molecule has 144 valence electrons. The van der Waals surface area contributed by atoms with Crippen molar-refractivity contribution in [3.05, 3.63) is 36.0 Å². The quantitative estimate of drug-likeness (QED) is 0.432. The van der Waals surface area contributed by atoms with Crippen LogP contribution in [0.15, 0.2) is 30.5 Å². The molecule has 1 fully saturated rings. The number of rotatable bonds is 7. The monoisotopic (exact) mass is 373 g/mol. The van der Waals surface area contributed by atoms with Crippen molar-refractivity contribution in [3.63, 3.8) is 0 Å². The molecule has 0 spiro atoms. The van der Waals surface area contributed by atoms with Gasteiger partial charge in [-0.3, -0.25) is 14.4 Å². The maximum atomic E-state index is 12.6. The van der Waals surface area contributed by atoms with Gasteiger partial charge in [-0.2, -0.15) is 0 Å². The van der Waals surface area contributed by atoms with Crippen LogP contribution >= 0.6 is 0 Å². The van der Waals surface area contributed by atoms with Crippen LogP contribution in [0.5, 0.6) is 0 Å². The maximum Gasteiger partial charge on any atom is 0.292 e. The molecule has 3 rings (SSSR count). The summed E-state index contributed by atoms with van der Waals surface area (Å²) in [4.78, 5) is 39.0. The van der Waals surface area contributed by atoms with Crippen molar-refractivity contribution < 1.29 is 23.9 Å². The summed E-state index contributed by atoms with van der Waals surface area (Å²) in [6, 6.07) is 7.25. The zero-order valence-electron chi connectivity index (χ0n) is 15.3. The molecule has 0 radical (unpaired) electrons. The third-order valence-corrected chi connectivity index (χ3v) is 4.50. The van der Waals surface area contributed by atoms with E-state index in [1.807, 2.05) is 12.1 Å². The highest BCUT2D eigenvalue weighted by molar-refractivity contribution is 6.45. The van der Waals surface area contributed by atoms with E-state index in [-0.39, 0.29) is 24.6 Å². The number of hydrogen-bond acceptors (Lipinski definition) is 5. The van der Waals surface area contributed by atoms with Crippen molar-refractivity contribution in [2.45, 2.75) is 6.54 Å². The van der Waals surface area contributed by atoms with Crippen LogP contribution < -0.4 is 5.32 Å². The predicted molar refractivity (Wildman–Crippen MR) is 98.6 cm³/mol. The Hall–Kier alpha value is -2.71. The van der Waals surface area contributed by atoms with E-state index in [9.17, 15) is 14.4 Å². The van der Waals surface area contributed by atoms with E-state index in [1.54, 1.807) is 27.8 Å². The number of amides is 2. The first-order valence-electron chi connectivity index (χ1n) is 8.86. The fourth-order valence-electron chi connectivity index (χ4n) is 3.09. The lowest BCUT2D eigenvalue weighted by molar-refractivity contribution is -0.135. The van der Waals surface area contributed by atoms with E-state index in [0.717, 1.165) is 5.52 Å². The number of Topliss-reactive ketones (excluding diaryl/α,β-unsaturated/α-hetero) is 1. The minimum Gasteiger partial charge on any atom is -0.383 e. The van der Waals surface area contributed by atoms with Crippen LogP contribution in [0.4, 0.5) is 0 Å². The van der Waals surface area contributed by atoms with Gasteiger partial charge in [-0.1, -0.05) is 18.2 Å². The summed E-state index contributed by atoms with van der Waals surface area (Å²) in [6.07, 6.45) is 1.58. The van der Waals surface area contributed by atoms with Crippen molar-refractivity contribution in [3.8, 4) is 0 Å². The van der Waals surface area contributed by atoms with Crippen LogP contribution in [-0.2, 0) is 25.6 Å². The molecule has 0 unspecified atom stereocenters. The van der Waals surface area contributed by atoms with Crippen molar-refractivity contribution in [2.75, 3.05) is 46.6 Å². The second-order valence-corrected chi connectivity index (χ2v) is 6.26. The number of methoxy groups -OCH3 is 1.